The van der Waals surface area contributed by atoms with Crippen LogP contribution >= 0.6 is 0 Å². The van der Waals surface area contributed by atoms with Crippen LogP contribution in [0, 0.1) is 5.92 Å². The molecule has 2 fully saturated rings. The topological polar surface area (TPSA) is 29.5 Å². The van der Waals surface area contributed by atoms with Gasteiger partial charge >= 0.3 is 0 Å². The molecule has 1 aliphatic carbocycles. The van der Waals surface area contributed by atoms with Crippen molar-refractivity contribution in [2.75, 3.05) is 13.7 Å². The molecule has 2 rings (SSSR count). The van der Waals surface area contributed by atoms with Crippen molar-refractivity contribution in [1.82, 2.24) is 4.90 Å². The van der Waals surface area contributed by atoms with Crippen molar-refractivity contribution in [2.45, 2.75) is 57.6 Å². The predicted octanol–water partition coefficient (Wildman–Crippen LogP) is 2.20. The summed E-state index contributed by atoms with van der Waals surface area (Å²) in [6.45, 7) is 3.06. The molecule has 92 valence electrons. The van der Waals surface area contributed by atoms with E-state index in [1.165, 1.54) is 12.8 Å². The summed E-state index contributed by atoms with van der Waals surface area (Å²) in [5.41, 5.74) is 0. The van der Waals surface area contributed by atoms with Crippen molar-refractivity contribution in [3.8, 4) is 0 Å². The lowest BCUT2D eigenvalue weighted by atomic mass is 9.86. The molecule has 1 aliphatic heterocycles. The van der Waals surface area contributed by atoms with Crippen LogP contribution in [0.5, 0.6) is 0 Å². The minimum Gasteiger partial charge on any atom is -0.368 e. The average Bonchev–Trinajstić information content (AvgIpc) is 2.81. The predicted molar refractivity (Wildman–Crippen MR) is 63.2 cm³/mol. The highest BCUT2D eigenvalue weighted by atomic mass is 16.5. The van der Waals surface area contributed by atoms with E-state index < -0.39 is 0 Å². The molecule has 0 bridgehead atoms. The van der Waals surface area contributed by atoms with Gasteiger partial charge in [-0.25, -0.2) is 0 Å². The summed E-state index contributed by atoms with van der Waals surface area (Å²) >= 11 is 0. The lowest BCUT2D eigenvalue weighted by Gasteiger charge is -2.34. The summed E-state index contributed by atoms with van der Waals surface area (Å²) in [5, 5.41) is 0. The molecule has 2 aliphatic rings. The first-order valence-corrected chi connectivity index (χ1v) is 6.56. The summed E-state index contributed by atoms with van der Waals surface area (Å²) in [6, 6.07) is 0.452. The van der Waals surface area contributed by atoms with E-state index in [9.17, 15) is 4.79 Å². The molecule has 0 aromatic heterocycles. The van der Waals surface area contributed by atoms with Crippen molar-refractivity contribution < 1.29 is 9.53 Å². The van der Waals surface area contributed by atoms with E-state index in [0.29, 0.717) is 6.04 Å². The van der Waals surface area contributed by atoms with Gasteiger partial charge in [0.25, 0.3) is 5.91 Å². The lowest BCUT2D eigenvalue weighted by Crippen LogP contribution is -2.44. The first-order chi connectivity index (χ1) is 7.68. The minimum absolute atomic E-state index is 0.149. The Hall–Kier alpha value is -0.570. The first-order valence-electron chi connectivity index (χ1n) is 6.56. The highest BCUT2D eigenvalue weighted by Crippen LogP contribution is 2.27. The van der Waals surface area contributed by atoms with E-state index in [1.807, 2.05) is 11.9 Å². The maximum Gasteiger partial charge on any atom is 0.251 e. The second-order valence-corrected chi connectivity index (χ2v) is 5.36. The van der Waals surface area contributed by atoms with Crippen LogP contribution in [0.4, 0.5) is 0 Å². The molecule has 16 heavy (non-hydrogen) atoms. The molecule has 1 amide bonds. The van der Waals surface area contributed by atoms with Crippen LogP contribution in [0.15, 0.2) is 0 Å². The fraction of sp³-hybridized carbons (Fsp3) is 0.923. The molecule has 0 radical (unpaired) electrons. The fourth-order valence-corrected chi connectivity index (χ4v) is 2.81. The molecule has 0 spiro atoms. The number of carbonyl (C=O) groups excluding carboxylic acids is 1. The molecule has 0 N–H and O–H groups in total. The molecular weight excluding hydrogens is 202 g/mol. The van der Waals surface area contributed by atoms with Crippen LogP contribution in [0.2, 0.25) is 0 Å². The molecule has 1 unspecified atom stereocenters. The average molecular weight is 225 g/mol. The summed E-state index contributed by atoms with van der Waals surface area (Å²) in [5.74, 6) is 1.04. The Labute approximate surface area is 98.1 Å². The third-order valence-corrected chi connectivity index (χ3v) is 4.09. The lowest BCUT2D eigenvalue weighted by molar-refractivity contribution is -0.142. The maximum absolute atomic E-state index is 12.1. The van der Waals surface area contributed by atoms with Crippen LogP contribution in [0.1, 0.15) is 45.4 Å². The van der Waals surface area contributed by atoms with Gasteiger partial charge < -0.3 is 9.64 Å². The number of likely N-dealkylation sites (N-methyl/N-ethyl adjacent to an activating group) is 1. The van der Waals surface area contributed by atoms with E-state index in [2.05, 4.69) is 6.92 Å². The highest BCUT2D eigenvalue weighted by Gasteiger charge is 2.31. The van der Waals surface area contributed by atoms with Crippen molar-refractivity contribution in [2.24, 2.45) is 5.92 Å². The minimum atomic E-state index is -0.149. The van der Waals surface area contributed by atoms with Gasteiger partial charge in [-0.15, -0.1) is 0 Å². The zero-order valence-electron chi connectivity index (χ0n) is 10.4. The van der Waals surface area contributed by atoms with E-state index >= 15 is 0 Å². The van der Waals surface area contributed by atoms with Gasteiger partial charge in [-0.1, -0.05) is 6.92 Å². The monoisotopic (exact) mass is 225 g/mol. The van der Waals surface area contributed by atoms with Gasteiger partial charge in [0, 0.05) is 19.7 Å². The number of ether oxygens (including phenoxy) is 1. The summed E-state index contributed by atoms with van der Waals surface area (Å²) in [7, 11) is 1.95. The Kier molecular flexibility index (Phi) is 3.85. The molecule has 0 aromatic rings. The molecule has 3 heteroatoms. The van der Waals surface area contributed by atoms with Crippen LogP contribution in [-0.4, -0.2) is 36.6 Å². The largest absolute Gasteiger partial charge is 0.368 e. The quantitative estimate of drug-likeness (QED) is 0.721. The highest BCUT2D eigenvalue weighted by molar-refractivity contribution is 5.81. The number of hydrogen-bond donors (Lipinski definition) is 0. The number of hydrogen-bond acceptors (Lipinski definition) is 2. The smallest absolute Gasteiger partial charge is 0.251 e. The number of carbonyl (C=O) groups is 1. The standard InChI is InChI=1S/C13H23NO2/c1-10-5-7-11(8-6-10)14(2)13(15)12-4-3-9-16-12/h10-12H,3-9H2,1-2H3. The molecule has 1 atom stereocenters. The van der Waals surface area contributed by atoms with Crippen LogP contribution in [-0.2, 0) is 9.53 Å². The summed E-state index contributed by atoms with van der Waals surface area (Å²) in [6.07, 6.45) is 6.64. The normalized spacial score (nSPS) is 35.0. The van der Waals surface area contributed by atoms with Crippen molar-refractivity contribution >= 4 is 5.91 Å². The fourth-order valence-electron chi connectivity index (χ4n) is 2.81. The van der Waals surface area contributed by atoms with Gasteiger partial charge in [0.15, 0.2) is 0 Å². The molecule has 1 saturated carbocycles. The zero-order chi connectivity index (χ0) is 11.5. The van der Waals surface area contributed by atoms with E-state index in [0.717, 1.165) is 38.2 Å². The van der Waals surface area contributed by atoms with Gasteiger partial charge in [0.1, 0.15) is 6.10 Å². The Balaban J connectivity index is 1.86. The van der Waals surface area contributed by atoms with Gasteiger partial charge in [0.2, 0.25) is 0 Å². The van der Waals surface area contributed by atoms with E-state index in [-0.39, 0.29) is 12.0 Å². The molecule has 1 saturated heterocycles. The van der Waals surface area contributed by atoms with Crippen LogP contribution in [0.25, 0.3) is 0 Å². The van der Waals surface area contributed by atoms with Gasteiger partial charge in [0.05, 0.1) is 0 Å². The van der Waals surface area contributed by atoms with Crippen molar-refractivity contribution in [3.05, 3.63) is 0 Å². The molecule has 1 heterocycles. The van der Waals surface area contributed by atoms with Gasteiger partial charge in [-0.3, -0.25) is 4.79 Å². The van der Waals surface area contributed by atoms with Gasteiger partial charge in [-0.05, 0) is 44.4 Å². The third kappa shape index (κ3) is 2.57. The summed E-state index contributed by atoms with van der Waals surface area (Å²) in [4.78, 5) is 14.1. The Bertz CT molecular complexity index is 240. The number of rotatable bonds is 2. The molecule has 3 nitrogen and oxygen atoms in total. The second-order valence-electron chi connectivity index (χ2n) is 5.36. The van der Waals surface area contributed by atoms with Gasteiger partial charge in [-0.2, -0.15) is 0 Å². The molecule has 0 aromatic carbocycles. The van der Waals surface area contributed by atoms with Crippen LogP contribution in [0.3, 0.4) is 0 Å². The first kappa shape index (κ1) is 11.9. The van der Waals surface area contributed by atoms with Crippen molar-refractivity contribution in [3.63, 3.8) is 0 Å². The number of amides is 1. The number of nitrogens with zero attached hydrogens (tertiary/aromatic N) is 1. The Morgan fingerprint density at radius 2 is 1.88 bits per heavy atom. The van der Waals surface area contributed by atoms with E-state index in [4.69, 9.17) is 4.74 Å². The molecular formula is C13H23NO2. The summed E-state index contributed by atoms with van der Waals surface area (Å²) < 4.78 is 5.46. The third-order valence-electron chi connectivity index (χ3n) is 4.09. The Morgan fingerprint density at radius 3 is 2.44 bits per heavy atom. The zero-order valence-corrected chi connectivity index (χ0v) is 10.4. The van der Waals surface area contributed by atoms with Crippen molar-refractivity contribution in [1.29, 1.82) is 0 Å². The SMILES string of the molecule is CC1CCC(N(C)C(=O)C2CCCO2)CC1. The Morgan fingerprint density at radius 1 is 1.19 bits per heavy atom. The van der Waals surface area contributed by atoms with E-state index in [1.54, 1.807) is 0 Å². The van der Waals surface area contributed by atoms with Crippen LogP contribution < -0.4 is 0 Å². The maximum atomic E-state index is 12.1. The second kappa shape index (κ2) is 5.17.